The van der Waals surface area contributed by atoms with Gasteiger partial charge in [-0.2, -0.15) is 0 Å². The average molecular weight is 343 g/mol. The minimum absolute atomic E-state index is 0.169. The Morgan fingerprint density at radius 3 is 2.89 bits per heavy atom. The number of amides is 1. The molecule has 0 aliphatic heterocycles. The summed E-state index contributed by atoms with van der Waals surface area (Å²) in [6, 6.07) is 9.14. The molecular weight excluding hydrogens is 334 g/mol. The van der Waals surface area contributed by atoms with Crippen LogP contribution in [0.5, 0.6) is 0 Å². The van der Waals surface area contributed by atoms with Crippen molar-refractivity contribution in [3.63, 3.8) is 0 Å². The average Bonchev–Trinajstić information content (AvgIpc) is 2.84. The van der Waals surface area contributed by atoms with Crippen molar-refractivity contribution in [1.29, 1.82) is 0 Å². The van der Waals surface area contributed by atoms with Crippen LogP contribution in [-0.2, 0) is 4.79 Å². The molecule has 5 heteroatoms. The molecule has 18 heavy (non-hydrogen) atoms. The number of carbonyl (C=O) groups is 1. The molecule has 0 aliphatic carbocycles. The summed E-state index contributed by atoms with van der Waals surface area (Å²) >= 11 is 10.8. The van der Waals surface area contributed by atoms with Gasteiger partial charge in [-0.1, -0.05) is 17.7 Å². The fraction of sp³-hybridized carbons (Fsp3) is 0. The van der Waals surface area contributed by atoms with E-state index in [4.69, 9.17) is 11.6 Å². The van der Waals surface area contributed by atoms with E-state index in [1.54, 1.807) is 35.6 Å². The van der Waals surface area contributed by atoms with Gasteiger partial charge in [0, 0.05) is 21.1 Å². The van der Waals surface area contributed by atoms with E-state index in [1.165, 1.54) is 6.08 Å². The Kier molecular flexibility index (Phi) is 4.58. The number of benzene rings is 1. The van der Waals surface area contributed by atoms with Gasteiger partial charge in [-0.25, -0.2) is 0 Å². The summed E-state index contributed by atoms with van der Waals surface area (Å²) in [5, 5.41) is 5.34. The van der Waals surface area contributed by atoms with Crippen molar-refractivity contribution in [2.45, 2.75) is 0 Å². The topological polar surface area (TPSA) is 29.1 Å². The standard InChI is InChI=1S/C13H9BrClNOS/c14-11-8-9(3-5-12(11)15)16-13(17)6-4-10-2-1-7-18-10/h1-8H,(H,16,17). The molecular formula is C13H9BrClNOS. The monoisotopic (exact) mass is 341 g/mol. The summed E-state index contributed by atoms with van der Waals surface area (Å²) in [4.78, 5) is 12.7. The predicted molar refractivity (Wildman–Crippen MR) is 81.1 cm³/mol. The Bertz CT molecular complexity index is 581. The highest BCUT2D eigenvalue weighted by atomic mass is 79.9. The van der Waals surface area contributed by atoms with E-state index in [2.05, 4.69) is 21.2 Å². The predicted octanol–water partition coefficient (Wildman–Crippen LogP) is 4.82. The first kappa shape index (κ1) is 13.3. The Balaban J connectivity index is 2.01. The molecule has 1 amide bonds. The third-order valence-corrected chi connectivity index (χ3v) is 4.18. The molecule has 1 aromatic carbocycles. The maximum Gasteiger partial charge on any atom is 0.248 e. The first-order valence-corrected chi connectivity index (χ1v) is 7.18. The second-order valence-corrected chi connectivity index (χ2v) is 5.71. The zero-order valence-electron chi connectivity index (χ0n) is 9.19. The van der Waals surface area contributed by atoms with Crippen molar-refractivity contribution in [1.82, 2.24) is 0 Å². The number of anilines is 1. The van der Waals surface area contributed by atoms with Gasteiger partial charge in [-0.05, 0) is 51.7 Å². The van der Waals surface area contributed by atoms with Gasteiger partial charge in [-0.3, -0.25) is 4.79 Å². The normalized spacial score (nSPS) is 10.8. The summed E-state index contributed by atoms with van der Waals surface area (Å²) in [5.41, 5.74) is 0.701. The fourth-order valence-corrected chi connectivity index (χ4v) is 2.42. The number of nitrogens with one attached hydrogen (secondary N) is 1. The molecule has 0 saturated carbocycles. The lowest BCUT2D eigenvalue weighted by Crippen LogP contribution is -2.07. The molecule has 0 saturated heterocycles. The van der Waals surface area contributed by atoms with Crippen LogP contribution in [0.4, 0.5) is 5.69 Å². The van der Waals surface area contributed by atoms with E-state index in [-0.39, 0.29) is 5.91 Å². The lowest BCUT2D eigenvalue weighted by atomic mass is 10.3. The van der Waals surface area contributed by atoms with E-state index in [9.17, 15) is 4.79 Å². The van der Waals surface area contributed by atoms with Gasteiger partial charge in [0.15, 0.2) is 0 Å². The van der Waals surface area contributed by atoms with Crippen LogP contribution in [0.15, 0.2) is 46.3 Å². The van der Waals surface area contributed by atoms with Gasteiger partial charge in [-0.15, -0.1) is 11.3 Å². The van der Waals surface area contributed by atoms with E-state index >= 15 is 0 Å². The largest absolute Gasteiger partial charge is 0.322 e. The van der Waals surface area contributed by atoms with Crippen LogP contribution in [-0.4, -0.2) is 5.91 Å². The third kappa shape index (κ3) is 3.70. The number of hydrogen-bond acceptors (Lipinski definition) is 2. The fourth-order valence-electron chi connectivity index (χ4n) is 1.30. The van der Waals surface area contributed by atoms with Crippen molar-refractivity contribution in [3.8, 4) is 0 Å². The van der Waals surface area contributed by atoms with E-state index in [0.717, 1.165) is 9.35 Å². The van der Waals surface area contributed by atoms with Crippen molar-refractivity contribution >= 4 is 56.5 Å². The van der Waals surface area contributed by atoms with Gasteiger partial charge < -0.3 is 5.32 Å². The number of thiophene rings is 1. The molecule has 0 radical (unpaired) electrons. The van der Waals surface area contributed by atoms with E-state index in [1.807, 2.05) is 17.5 Å². The number of hydrogen-bond donors (Lipinski definition) is 1. The van der Waals surface area contributed by atoms with Crippen LogP contribution in [0.1, 0.15) is 4.88 Å². The lowest BCUT2D eigenvalue weighted by molar-refractivity contribution is -0.111. The molecule has 1 N–H and O–H groups in total. The minimum Gasteiger partial charge on any atom is -0.322 e. The molecule has 92 valence electrons. The van der Waals surface area contributed by atoms with Gasteiger partial charge in [0.25, 0.3) is 0 Å². The van der Waals surface area contributed by atoms with Gasteiger partial charge in [0.2, 0.25) is 5.91 Å². The number of rotatable bonds is 3. The van der Waals surface area contributed by atoms with Crippen LogP contribution in [0.2, 0.25) is 5.02 Å². The summed E-state index contributed by atoms with van der Waals surface area (Å²) in [5.74, 6) is -0.169. The Morgan fingerprint density at radius 1 is 1.39 bits per heavy atom. The zero-order chi connectivity index (χ0) is 13.0. The molecule has 1 aromatic heterocycles. The molecule has 0 atom stereocenters. The second-order valence-electron chi connectivity index (χ2n) is 3.47. The Morgan fingerprint density at radius 2 is 2.22 bits per heavy atom. The highest BCUT2D eigenvalue weighted by molar-refractivity contribution is 9.10. The number of halogens is 2. The van der Waals surface area contributed by atoms with Crippen LogP contribution in [0, 0.1) is 0 Å². The lowest BCUT2D eigenvalue weighted by Gasteiger charge is -2.03. The zero-order valence-corrected chi connectivity index (χ0v) is 12.3. The van der Waals surface area contributed by atoms with Crippen molar-refractivity contribution < 1.29 is 4.79 Å². The van der Waals surface area contributed by atoms with Crippen LogP contribution in [0.3, 0.4) is 0 Å². The van der Waals surface area contributed by atoms with Crippen molar-refractivity contribution in [3.05, 3.63) is 56.2 Å². The summed E-state index contributed by atoms with van der Waals surface area (Å²) in [6.07, 6.45) is 3.29. The molecule has 0 aliphatic rings. The van der Waals surface area contributed by atoms with Gasteiger partial charge in [0.05, 0.1) is 5.02 Å². The third-order valence-electron chi connectivity index (χ3n) is 2.13. The molecule has 0 unspecified atom stereocenters. The van der Waals surface area contributed by atoms with Crippen LogP contribution >= 0.6 is 38.9 Å². The highest BCUT2D eigenvalue weighted by Gasteiger charge is 2.01. The van der Waals surface area contributed by atoms with E-state index in [0.29, 0.717) is 10.7 Å². The highest BCUT2D eigenvalue weighted by Crippen LogP contribution is 2.25. The second kappa shape index (κ2) is 6.18. The summed E-state index contributed by atoms with van der Waals surface area (Å²) in [6.45, 7) is 0. The quantitative estimate of drug-likeness (QED) is 0.796. The maximum absolute atomic E-state index is 11.7. The first-order chi connectivity index (χ1) is 8.65. The Labute approximate surface area is 122 Å². The van der Waals surface area contributed by atoms with E-state index < -0.39 is 0 Å². The van der Waals surface area contributed by atoms with Crippen molar-refractivity contribution in [2.75, 3.05) is 5.32 Å². The van der Waals surface area contributed by atoms with Crippen molar-refractivity contribution in [2.24, 2.45) is 0 Å². The molecule has 2 nitrogen and oxygen atoms in total. The molecule has 2 rings (SSSR count). The maximum atomic E-state index is 11.7. The molecule has 0 fully saturated rings. The van der Waals surface area contributed by atoms with Gasteiger partial charge in [0.1, 0.15) is 0 Å². The van der Waals surface area contributed by atoms with Gasteiger partial charge >= 0.3 is 0 Å². The molecule has 0 spiro atoms. The summed E-state index contributed by atoms with van der Waals surface area (Å²) < 4.78 is 0.754. The molecule has 0 bridgehead atoms. The molecule has 2 aromatic rings. The SMILES string of the molecule is O=C(C=Cc1cccs1)Nc1ccc(Cl)c(Br)c1. The summed E-state index contributed by atoms with van der Waals surface area (Å²) in [7, 11) is 0. The Hall–Kier alpha value is -1.10. The first-order valence-electron chi connectivity index (χ1n) is 5.13. The number of carbonyl (C=O) groups excluding carboxylic acids is 1. The molecule has 1 heterocycles. The smallest absolute Gasteiger partial charge is 0.248 e. The minimum atomic E-state index is -0.169. The van der Waals surface area contributed by atoms with Crippen LogP contribution < -0.4 is 5.32 Å². The van der Waals surface area contributed by atoms with Crippen LogP contribution in [0.25, 0.3) is 6.08 Å².